The number of hydrogen-bond donors (Lipinski definition) is 2. The number of benzene rings is 1. The van der Waals surface area contributed by atoms with Gasteiger partial charge in [-0.05, 0) is 18.2 Å². The van der Waals surface area contributed by atoms with Gasteiger partial charge in [-0.3, -0.25) is 14.7 Å². The lowest BCUT2D eigenvalue weighted by molar-refractivity contribution is 0.406. The summed E-state index contributed by atoms with van der Waals surface area (Å²) in [7, 11) is 1.53. The summed E-state index contributed by atoms with van der Waals surface area (Å²) in [6, 6.07) is 7.54. The Bertz CT molecular complexity index is 673. The topological polar surface area (TPSA) is 90.1 Å². The average Bonchev–Trinajstić information content (AvgIpc) is 2.34. The molecule has 6 heteroatoms. The van der Waals surface area contributed by atoms with Crippen LogP contribution in [0.2, 0.25) is 0 Å². The average molecular weight is 247 g/mol. The monoisotopic (exact) mass is 247 g/mol. The van der Waals surface area contributed by atoms with E-state index in [1.807, 2.05) is 0 Å². The molecule has 2 rings (SSSR count). The lowest BCUT2D eigenvalue weighted by Crippen LogP contribution is -2.28. The van der Waals surface area contributed by atoms with Gasteiger partial charge in [-0.2, -0.15) is 0 Å². The highest BCUT2D eigenvalue weighted by atomic mass is 16.5. The Morgan fingerprint density at radius 2 is 2.06 bits per heavy atom. The van der Waals surface area contributed by atoms with Crippen LogP contribution in [-0.2, 0) is 6.54 Å². The molecule has 18 heavy (non-hydrogen) atoms. The van der Waals surface area contributed by atoms with E-state index in [1.165, 1.54) is 23.9 Å². The summed E-state index contributed by atoms with van der Waals surface area (Å²) in [5.74, 6) is 0.612. The number of nitrogen functional groups attached to an aromatic ring is 1. The molecule has 2 aromatic rings. The van der Waals surface area contributed by atoms with E-state index < -0.39 is 0 Å². The molecule has 0 aliphatic carbocycles. The van der Waals surface area contributed by atoms with Gasteiger partial charge in [0.25, 0.3) is 11.1 Å². The van der Waals surface area contributed by atoms with E-state index in [1.54, 1.807) is 18.2 Å². The lowest BCUT2D eigenvalue weighted by Gasteiger charge is -2.10. The van der Waals surface area contributed by atoms with Crippen LogP contribution in [0.1, 0.15) is 5.56 Å². The molecule has 1 aromatic heterocycles. The number of nitrogens with zero attached hydrogens (tertiary/aromatic N) is 1. The van der Waals surface area contributed by atoms with Crippen molar-refractivity contribution in [2.24, 2.45) is 0 Å². The van der Waals surface area contributed by atoms with Crippen molar-refractivity contribution in [2.75, 3.05) is 12.8 Å². The number of anilines is 1. The lowest BCUT2D eigenvalue weighted by atomic mass is 10.2. The van der Waals surface area contributed by atoms with Crippen molar-refractivity contribution in [2.45, 2.75) is 6.54 Å². The zero-order chi connectivity index (χ0) is 13.1. The third-order valence-corrected chi connectivity index (χ3v) is 2.52. The standard InChI is InChI=1S/C12H13N3O3/c1-18-10-3-2-9(13)6-8(10)7-15-12(17)5-4-11(16)14-15/h2-6H,7,13H2,1H3,(H,14,16). The molecule has 0 saturated heterocycles. The van der Waals surface area contributed by atoms with E-state index in [9.17, 15) is 9.59 Å². The molecule has 6 nitrogen and oxygen atoms in total. The fraction of sp³-hybridized carbons (Fsp3) is 0.167. The number of aromatic nitrogens is 2. The van der Waals surface area contributed by atoms with E-state index in [0.717, 1.165) is 5.56 Å². The van der Waals surface area contributed by atoms with E-state index >= 15 is 0 Å². The number of H-pyrrole nitrogens is 1. The van der Waals surface area contributed by atoms with Gasteiger partial charge in [0.1, 0.15) is 5.75 Å². The van der Waals surface area contributed by atoms with Crippen LogP contribution in [0.5, 0.6) is 5.75 Å². The van der Waals surface area contributed by atoms with Gasteiger partial charge < -0.3 is 10.5 Å². The van der Waals surface area contributed by atoms with Gasteiger partial charge >= 0.3 is 0 Å². The minimum Gasteiger partial charge on any atom is -0.496 e. The van der Waals surface area contributed by atoms with Crippen LogP contribution in [0, 0.1) is 0 Å². The first kappa shape index (κ1) is 12.0. The SMILES string of the molecule is COc1ccc(N)cc1Cn1[nH]c(=O)ccc1=O. The smallest absolute Gasteiger partial charge is 0.265 e. The second-order valence-electron chi connectivity index (χ2n) is 3.81. The second kappa shape index (κ2) is 4.79. The highest BCUT2D eigenvalue weighted by molar-refractivity contribution is 5.47. The van der Waals surface area contributed by atoms with Crippen molar-refractivity contribution in [1.82, 2.24) is 9.78 Å². The third kappa shape index (κ3) is 2.42. The minimum atomic E-state index is -0.336. The van der Waals surface area contributed by atoms with Gasteiger partial charge in [-0.1, -0.05) is 0 Å². The molecule has 0 spiro atoms. The molecule has 0 aliphatic rings. The predicted octanol–water partition coefficient (Wildman–Crippen LogP) is 0.176. The molecule has 0 atom stereocenters. The van der Waals surface area contributed by atoms with Crippen LogP contribution in [0.25, 0.3) is 0 Å². The van der Waals surface area contributed by atoms with Gasteiger partial charge in [0, 0.05) is 23.4 Å². The highest BCUT2D eigenvalue weighted by Crippen LogP contribution is 2.21. The Balaban J connectivity index is 2.45. The number of nitrogens with two attached hydrogens (primary N) is 1. The number of aromatic amines is 1. The van der Waals surface area contributed by atoms with E-state index in [4.69, 9.17) is 10.5 Å². The van der Waals surface area contributed by atoms with E-state index in [-0.39, 0.29) is 17.7 Å². The molecular formula is C12H13N3O3. The quantitative estimate of drug-likeness (QED) is 0.757. The normalized spacial score (nSPS) is 10.3. The molecule has 0 fully saturated rings. The van der Waals surface area contributed by atoms with Crippen LogP contribution in [0.3, 0.4) is 0 Å². The predicted molar refractivity (Wildman–Crippen MR) is 67.8 cm³/mol. The van der Waals surface area contributed by atoms with Crippen LogP contribution in [0.15, 0.2) is 39.9 Å². The van der Waals surface area contributed by atoms with Gasteiger partial charge in [0.15, 0.2) is 0 Å². The summed E-state index contributed by atoms with van der Waals surface area (Å²) >= 11 is 0. The first-order valence-corrected chi connectivity index (χ1v) is 5.33. The third-order valence-electron chi connectivity index (χ3n) is 2.52. The van der Waals surface area contributed by atoms with Crippen molar-refractivity contribution in [3.63, 3.8) is 0 Å². The molecule has 0 saturated carbocycles. The Hall–Kier alpha value is -2.50. The van der Waals surface area contributed by atoms with Crippen molar-refractivity contribution < 1.29 is 4.74 Å². The molecule has 0 bridgehead atoms. The number of nitrogens with one attached hydrogen (secondary N) is 1. The largest absolute Gasteiger partial charge is 0.496 e. The Kier molecular flexibility index (Phi) is 3.18. The molecule has 0 unspecified atom stereocenters. The van der Waals surface area contributed by atoms with Gasteiger partial charge in [-0.15, -0.1) is 0 Å². The number of methoxy groups -OCH3 is 1. The van der Waals surface area contributed by atoms with Gasteiger partial charge in [0.2, 0.25) is 0 Å². The maximum Gasteiger partial charge on any atom is 0.265 e. The second-order valence-corrected chi connectivity index (χ2v) is 3.81. The first-order valence-electron chi connectivity index (χ1n) is 5.33. The van der Waals surface area contributed by atoms with E-state index in [2.05, 4.69) is 5.10 Å². The Morgan fingerprint density at radius 3 is 2.78 bits per heavy atom. The zero-order valence-electron chi connectivity index (χ0n) is 9.84. The van der Waals surface area contributed by atoms with E-state index in [0.29, 0.717) is 11.4 Å². The van der Waals surface area contributed by atoms with Crippen LogP contribution in [0.4, 0.5) is 5.69 Å². The van der Waals surface area contributed by atoms with Crippen molar-refractivity contribution in [3.05, 3.63) is 56.6 Å². The summed E-state index contributed by atoms with van der Waals surface area (Å²) in [5.41, 5.74) is 6.35. The Labute approximate surface area is 103 Å². The van der Waals surface area contributed by atoms with Crippen molar-refractivity contribution >= 4 is 5.69 Å². The summed E-state index contributed by atoms with van der Waals surface area (Å²) in [6.07, 6.45) is 0. The molecule has 0 aliphatic heterocycles. The maximum absolute atomic E-state index is 11.6. The fourth-order valence-electron chi connectivity index (χ4n) is 1.67. The summed E-state index contributed by atoms with van der Waals surface area (Å²) in [6.45, 7) is 0.198. The van der Waals surface area contributed by atoms with Crippen LogP contribution < -0.4 is 21.6 Å². The molecule has 1 aromatic carbocycles. The number of hydrogen-bond acceptors (Lipinski definition) is 4. The zero-order valence-corrected chi connectivity index (χ0v) is 9.84. The first-order chi connectivity index (χ1) is 8.60. The molecule has 94 valence electrons. The van der Waals surface area contributed by atoms with Crippen molar-refractivity contribution in [3.8, 4) is 5.75 Å². The van der Waals surface area contributed by atoms with Crippen LogP contribution in [-0.4, -0.2) is 16.9 Å². The summed E-state index contributed by atoms with van der Waals surface area (Å²) in [5, 5.41) is 2.45. The van der Waals surface area contributed by atoms with Crippen LogP contribution >= 0.6 is 0 Å². The maximum atomic E-state index is 11.6. The fourth-order valence-corrected chi connectivity index (χ4v) is 1.67. The molecule has 0 amide bonds. The Morgan fingerprint density at radius 1 is 1.28 bits per heavy atom. The summed E-state index contributed by atoms with van der Waals surface area (Å²) < 4.78 is 6.39. The van der Waals surface area contributed by atoms with Crippen molar-refractivity contribution in [1.29, 1.82) is 0 Å². The number of ether oxygens (including phenoxy) is 1. The molecule has 0 radical (unpaired) electrons. The summed E-state index contributed by atoms with van der Waals surface area (Å²) in [4.78, 5) is 22.8. The minimum absolute atomic E-state index is 0.198. The highest BCUT2D eigenvalue weighted by Gasteiger charge is 2.06. The number of rotatable bonds is 3. The molecule has 1 heterocycles. The van der Waals surface area contributed by atoms with Gasteiger partial charge in [-0.25, -0.2) is 4.68 Å². The van der Waals surface area contributed by atoms with Gasteiger partial charge in [0.05, 0.1) is 13.7 Å². The molecular weight excluding hydrogens is 234 g/mol. The molecule has 3 N–H and O–H groups in total.